The zero-order chi connectivity index (χ0) is 14.5. The maximum absolute atomic E-state index is 12.0. The minimum atomic E-state index is -0.345. The normalized spacial score (nSPS) is 13.8. The summed E-state index contributed by atoms with van der Waals surface area (Å²) in [5, 5.41) is 7.02. The zero-order valence-electron chi connectivity index (χ0n) is 12.1. The molecule has 0 aliphatic carbocycles. The summed E-state index contributed by atoms with van der Waals surface area (Å²) < 4.78 is 0. The number of nitrogens with zero attached hydrogens (tertiary/aromatic N) is 2. The lowest BCUT2D eigenvalue weighted by molar-refractivity contribution is -0.122. The van der Waals surface area contributed by atoms with Crippen LogP contribution in [0.5, 0.6) is 0 Å². The first-order valence-electron chi connectivity index (χ1n) is 6.88. The maximum Gasteiger partial charge on any atom is 0.242 e. The maximum atomic E-state index is 12.0. The van der Waals surface area contributed by atoms with Gasteiger partial charge in [0.15, 0.2) is 0 Å². The molecule has 0 aliphatic rings. The fourth-order valence-corrected chi connectivity index (χ4v) is 1.86. The highest BCUT2D eigenvalue weighted by atomic mass is 16.2. The highest BCUT2D eigenvalue weighted by Gasteiger charge is 2.15. The van der Waals surface area contributed by atoms with Crippen LogP contribution < -0.4 is 10.6 Å². The molecule has 106 valence electrons. The van der Waals surface area contributed by atoms with E-state index in [9.17, 15) is 4.79 Å². The van der Waals surface area contributed by atoms with Crippen molar-refractivity contribution in [2.24, 2.45) is 0 Å². The quantitative estimate of drug-likeness (QED) is 0.876. The molecular formula is C15H20N4O. The predicted molar refractivity (Wildman–Crippen MR) is 80.5 cm³/mol. The largest absolute Gasteiger partial charge is 0.358 e. The van der Waals surface area contributed by atoms with E-state index < -0.39 is 0 Å². The Morgan fingerprint density at radius 3 is 2.75 bits per heavy atom. The van der Waals surface area contributed by atoms with Crippen molar-refractivity contribution < 1.29 is 4.79 Å². The van der Waals surface area contributed by atoms with E-state index in [1.54, 1.807) is 0 Å². The highest BCUT2D eigenvalue weighted by molar-refractivity contribution is 5.91. The van der Waals surface area contributed by atoms with Gasteiger partial charge in [0.2, 0.25) is 5.91 Å². The summed E-state index contributed by atoms with van der Waals surface area (Å²) >= 11 is 0. The molecule has 1 heterocycles. The molecule has 5 nitrogen and oxygen atoms in total. The van der Waals surface area contributed by atoms with Crippen molar-refractivity contribution in [1.82, 2.24) is 15.3 Å². The summed E-state index contributed by atoms with van der Waals surface area (Å²) in [7, 11) is 0. The molecule has 1 aromatic carbocycles. The van der Waals surface area contributed by atoms with Crippen molar-refractivity contribution in [2.45, 2.75) is 39.3 Å². The summed E-state index contributed by atoms with van der Waals surface area (Å²) in [6.45, 7) is 5.86. The molecule has 2 atom stereocenters. The summed E-state index contributed by atoms with van der Waals surface area (Å²) in [6.07, 6.45) is 2.42. The molecule has 2 N–H and O–H groups in total. The van der Waals surface area contributed by atoms with Crippen LogP contribution in [0.25, 0.3) is 10.9 Å². The van der Waals surface area contributed by atoms with Gasteiger partial charge in [-0.15, -0.1) is 0 Å². The Hall–Kier alpha value is -2.17. The van der Waals surface area contributed by atoms with Crippen LogP contribution in [-0.2, 0) is 4.79 Å². The Labute approximate surface area is 118 Å². The molecule has 2 rings (SSSR count). The number of anilines is 1. The first-order chi connectivity index (χ1) is 9.61. The summed E-state index contributed by atoms with van der Waals surface area (Å²) in [5.74, 6) is 0.657. The number of aromatic nitrogens is 2. The van der Waals surface area contributed by atoms with E-state index in [-0.39, 0.29) is 18.0 Å². The number of amides is 1. The molecular weight excluding hydrogens is 252 g/mol. The molecule has 0 radical (unpaired) electrons. The van der Waals surface area contributed by atoms with Gasteiger partial charge in [0.25, 0.3) is 0 Å². The van der Waals surface area contributed by atoms with Crippen molar-refractivity contribution in [2.75, 3.05) is 5.32 Å². The molecule has 2 unspecified atom stereocenters. The zero-order valence-corrected chi connectivity index (χ0v) is 12.1. The number of para-hydroxylation sites is 1. The first kappa shape index (κ1) is 14.2. The molecule has 0 bridgehead atoms. The van der Waals surface area contributed by atoms with E-state index in [4.69, 9.17) is 0 Å². The smallest absolute Gasteiger partial charge is 0.242 e. The van der Waals surface area contributed by atoms with E-state index in [0.29, 0.717) is 5.82 Å². The second kappa shape index (κ2) is 6.32. The predicted octanol–water partition coefficient (Wildman–Crippen LogP) is 2.34. The van der Waals surface area contributed by atoms with Crippen LogP contribution in [0, 0.1) is 0 Å². The van der Waals surface area contributed by atoms with Gasteiger partial charge in [-0.25, -0.2) is 9.97 Å². The van der Waals surface area contributed by atoms with Gasteiger partial charge in [-0.05, 0) is 32.4 Å². The van der Waals surface area contributed by atoms with E-state index in [1.807, 2.05) is 45.0 Å². The molecule has 1 amide bonds. The minimum Gasteiger partial charge on any atom is -0.358 e. The monoisotopic (exact) mass is 272 g/mol. The average Bonchev–Trinajstić information content (AvgIpc) is 2.47. The lowest BCUT2D eigenvalue weighted by Crippen LogP contribution is -2.42. The van der Waals surface area contributed by atoms with Crippen LogP contribution in [0.15, 0.2) is 30.6 Å². The molecule has 0 fully saturated rings. The molecule has 0 saturated carbocycles. The standard InChI is InChI=1S/C15H20N4O/c1-4-10(2)18-15(20)11(3)19-14-12-7-5-6-8-13(12)16-9-17-14/h5-11H,4H2,1-3H3,(H,18,20)(H,16,17,19). The van der Waals surface area contributed by atoms with Gasteiger partial charge in [0.05, 0.1) is 5.52 Å². The Morgan fingerprint density at radius 2 is 2.00 bits per heavy atom. The van der Waals surface area contributed by atoms with Crippen LogP contribution in [0.3, 0.4) is 0 Å². The van der Waals surface area contributed by atoms with Crippen LogP contribution in [0.4, 0.5) is 5.82 Å². The van der Waals surface area contributed by atoms with Crippen LogP contribution in [0.2, 0.25) is 0 Å². The second-order valence-electron chi connectivity index (χ2n) is 4.92. The topological polar surface area (TPSA) is 66.9 Å². The molecule has 0 aliphatic heterocycles. The van der Waals surface area contributed by atoms with Gasteiger partial charge in [0.1, 0.15) is 18.2 Å². The third-order valence-electron chi connectivity index (χ3n) is 3.29. The Kier molecular flexibility index (Phi) is 4.50. The molecule has 0 spiro atoms. The number of fused-ring (bicyclic) bond motifs is 1. The number of nitrogens with one attached hydrogen (secondary N) is 2. The molecule has 1 aromatic heterocycles. The molecule has 2 aromatic rings. The first-order valence-corrected chi connectivity index (χ1v) is 6.88. The minimum absolute atomic E-state index is 0.0259. The van der Waals surface area contributed by atoms with E-state index in [2.05, 4.69) is 20.6 Å². The fraction of sp³-hybridized carbons (Fsp3) is 0.400. The van der Waals surface area contributed by atoms with Crippen molar-refractivity contribution in [3.05, 3.63) is 30.6 Å². The number of carbonyl (C=O) groups excluding carboxylic acids is 1. The van der Waals surface area contributed by atoms with Crippen molar-refractivity contribution in [3.8, 4) is 0 Å². The van der Waals surface area contributed by atoms with Gasteiger partial charge in [-0.3, -0.25) is 4.79 Å². The fourth-order valence-electron chi connectivity index (χ4n) is 1.86. The van der Waals surface area contributed by atoms with E-state index in [1.165, 1.54) is 6.33 Å². The van der Waals surface area contributed by atoms with Gasteiger partial charge >= 0.3 is 0 Å². The SMILES string of the molecule is CCC(C)NC(=O)C(C)Nc1ncnc2ccccc12. The third kappa shape index (κ3) is 3.23. The van der Waals surface area contributed by atoms with Gasteiger partial charge in [0, 0.05) is 11.4 Å². The van der Waals surface area contributed by atoms with Gasteiger partial charge in [-0.1, -0.05) is 19.1 Å². The highest BCUT2D eigenvalue weighted by Crippen LogP contribution is 2.18. The van der Waals surface area contributed by atoms with Crippen LogP contribution >= 0.6 is 0 Å². The molecule has 5 heteroatoms. The van der Waals surface area contributed by atoms with Gasteiger partial charge < -0.3 is 10.6 Å². The third-order valence-corrected chi connectivity index (χ3v) is 3.29. The van der Waals surface area contributed by atoms with Crippen molar-refractivity contribution >= 4 is 22.6 Å². The Bertz CT molecular complexity index is 594. The Balaban J connectivity index is 2.14. The summed E-state index contributed by atoms with van der Waals surface area (Å²) in [4.78, 5) is 20.5. The number of hydrogen-bond donors (Lipinski definition) is 2. The lowest BCUT2D eigenvalue weighted by atomic mass is 10.2. The van der Waals surface area contributed by atoms with Gasteiger partial charge in [-0.2, -0.15) is 0 Å². The van der Waals surface area contributed by atoms with Crippen molar-refractivity contribution in [1.29, 1.82) is 0 Å². The number of hydrogen-bond acceptors (Lipinski definition) is 4. The summed E-state index contributed by atoms with van der Waals surface area (Å²) in [5.41, 5.74) is 0.861. The van der Waals surface area contributed by atoms with Crippen molar-refractivity contribution in [3.63, 3.8) is 0 Å². The van der Waals surface area contributed by atoms with Crippen LogP contribution in [0.1, 0.15) is 27.2 Å². The Morgan fingerprint density at radius 1 is 1.25 bits per heavy atom. The second-order valence-corrected chi connectivity index (χ2v) is 4.92. The molecule has 0 saturated heterocycles. The average molecular weight is 272 g/mol. The number of rotatable bonds is 5. The number of benzene rings is 1. The lowest BCUT2D eigenvalue weighted by Gasteiger charge is -2.18. The van der Waals surface area contributed by atoms with Crippen LogP contribution in [-0.4, -0.2) is 28.0 Å². The molecule has 20 heavy (non-hydrogen) atoms. The van der Waals surface area contributed by atoms with E-state index >= 15 is 0 Å². The summed E-state index contributed by atoms with van der Waals surface area (Å²) in [6, 6.07) is 7.55. The van der Waals surface area contributed by atoms with E-state index in [0.717, 1.165) is 17.3 Å². The number of carbonyl (C=O) groups is 1.